The molecule has 2 atom stereocenters. The van der Waals surface area contributed by atoms with Gasteiger partial charge in [0.25, 0.3) is 0 Å². The van der Waals surface area contributed by atoms with E-state index in [1.54, 1.807) is 6.92 Å². The molecule has 0 saturated carbocycles. The minimum Gasteiger partial charge on any atom is -0.375 e. The van der Waals surface area contributed by atoms with E-state index in [2.05, 4.69) is 6.92 Å². The molecule has 0 aromatic carbocycles. The van der Waals surface area contributed by atoms with Crippen LogP contribution >= 0.6 is 11.6 Å². The van der Waals surface area contributed by atoms with Crippen molar-refractivity contribution in [2.75, 3.05) is 6.61 Å². The zero-order valence-electron chi connectivity index (χ0n) is 7.22. The lowest BCUT2D eigenvalue weighted by Gasteiger charge is -2.13. The van der Waals surface area contributed by atoms with Crippen LogP contribution < -0.4 is 0 Å². The topological polar surface area (TPSA) is 29.5 Å². The van der Waals surface area contributed by atoms with Crippen molar-refractivity contribution in [2.24, 2.45) is 0 Å². The molecule has 0 fully saturated rings. The third-order valence-electron chi connectivity index (χ3n) is 1.52. The summed E-state index contributed by atoms with van der Waals surface area (Å²) < 4.78 is 5.22. The number of hydrogen-bond donors (Lipinski definition) is 1. The molecule has 0 rings (SSSR count). The molecule has 3 heteroatoms. The van der Waals surface area contributed by atoms with Crippen molar-refractivity contribution in [2.45, 2.75) is 44.8 Å². The second-order valence-corrected chi connectivity index (χ2v) is 3.10. The van der Waals surface area contributed by atoms with Crippen LogP contribution in [0.15, 0.2) is 0 Å². The van der Waals surface area contributed by atoms with Gasteiger partial charge in [-0.15, -0.1) is 0 Å². The van der Waals surface area contributed by atoms with Gasteiger partial charge in [-0.3, -0.25) is 0 Å². The molecule has 0 heterocycles. The summed E-state index contributed by atoms with van der Waals surface area (Å²) >= 11 is 5.37. The predicted molar refractivity (Wildman–Crippen MR) is 46.8 cm³/mol. The number of unbranched alkanes of at least 4 members (excludes halogenated alkanes) is 2. The van der Waals surface area contributed by atoms with Gasteiger partial charge in [-0.1, -0.05) is 31.4 Å². The maximum Gasteiger partial charge on any atom is 0.153 e. The van der Waals surface area contributed by atoms with Crippen molar-refractivity contribution in [3.8, 4) is 0 Å². The number of aliphatic hydroxyl groups excluding tert-OH is 1. The van der Waals surface area contributed by atoms with Crippen LogP contribution in [0.4, 0.5) is 0 Å². The first-order valence-corrected chi connectivity index (χ1v) is 4.56. The van der Waals surface area contributed by atoms with Crippen molar-refractivity contribution in [1.82, 2.24) is 0 Å². The van der Waals surface area contributed by atoms with E-state index in [0.717, 1.165) is 6.42 Å². The molecule has 68 valence electrons. The third kappa shape index (κ3) is 6.60. The van der Waals surface area contributed by atoms with Crippen LogP contribution in [0.25, 0.3) is 0 Å². The Bertz CT molecular complexity index is 86.2. The Labute approximate surface area is 73.5 Å². The smallest absolute Gasteiger partial charge is 0.153 e. The highest BCUT2D eigenvalue weighted by Gasteiger charge is 2.09. The molecule has 0 saturated heterocycles. The van der Waals surface area contributed by atoms with Gasteiger partial charge in [-0.05, 0) is 13.3 Å². The zero-order valence-corrected chi connectivity index (χ0v) is 7.97. The zero-order chi connectivity index (χ0) is 8.69. The second kappa shape index (κ2) is 6.89. The fourth-order valence-electron chi connectivity index (χ4n) is 0.701. The monoisotopic (exact) mass is 180 g/mol. The van der Waals surface area contributed by atoms with Gasteiger partial charge in [0.15, 0.2) is 5.56 Å². The summed E-state index contributed by atoms with van der Waals surface area (Å²) in [6, 6.07) is 0. The lowest BCUT2D eigenvalue weighted by atomic mass is 10.3. The summed E-state index contributed by atoms with van der Waals surface area (Å²) in [5.41, 5.74) is -0.878. The van der Waals surface area contributed by atoms with E-state index in [0.29, 0.717) is 6.61 Å². The van der Waals surface area contributed by atoms with Crippen LogP contribution in [0.3, 0.4) is 0 Å². The van der Waals surface area contributed by atoms with E-state index in [9.17, 15) is 0 Å². The average Bonchev–Trinajstić information content (AvgIpc) is 1.97. The van der Waals surface area contributed by atoms with Gasteiger partial charge >= 0.3 is 0 Å². The van der Waals surface area contributed by atoms with Crippen molar-refractivity contribution < 1.29 is 9.84 Å². The van der Waals surface area contributed by atoms with E-state index in [4.69, 9.17) is 21.4 Å². The predicted octanol–water partition coefficient (Wildman–Crippen LogP) is 2.14. The highest BCUT2D eigenvalue weighted by Crippen LogP contribution is 2.04. The fraction of sp³-hybridized carbons (Fsp3) is 1.00. The highest BCUT2D eigenvalue weighted by molar-refractivity contribution is 6.19. The van der Waals surface area contributed by atoms with Crippen molar-refractivity contribution >= 4 is 11.6 Å². The lowest BCUT2D eigenvalue weighted by molar-refractivity contribution is 0.00606. The van der Waals surface area contributed by atoms with Crippen molar-refractivity contribution in [3.05, 3.63) is 0 Å². The van der Waals surface area contributed by atoms with E-state index >= 15 is 0 Å². The third-order valence-corrected chi connectivity index (χ3v) is 1.87. The Morgan fingerprint density at radius 1 is 1.45 bits per heavy atom. The summed E-state index contributed by atoms with van der Waals surface area (Å²) in [5.74, 6) is 0. The summed E-state index contributed by atoms with van der Waals surface area (Å²) in [4.78, 5) is 0. The van der Waals surface area contributed by atoms with E-state index in [-0.39, 0.29) is 6.10 Å². The molecule has 1 N–H and O–H groups in total. The summed E-state index contributed by atoms with van der Waals surface area (Å²) in [7, 11) is 0. The second-order valence-electron chi connectivity index (χ2n) is 2.66. The lowest BCUT2D eigenvalue weighted by Crippen LogP contribution is -2.20. The van der Waals surface area contributed by atoms with Crippen LogP contribution in [0.2, 0.25) is 0 Å². The maximum absolute atomic E-state index is 8.82. The fourth-order valence-corrected chi connectivity index (χ4v) is 0.773. The molecule has 0 aliphatic rings. The first kappa shape index (κ1) is 11.2. The molecule has 0 bridgehead atoms. The van der Waals surface area contributed by atoms with Crippen LogP contribution in [-0.4, -0.2) is 23.4 Å². The molecule has 0 amide bonds. The first-order chi connectivity index (χ1) is 5.18. The molecule has 2 unspecified atom stereocenters. The van der Waals surface area contributed by atoms with Gasteiger partial charge in [0.2, 0.25) is 0 Å². The van der Waals surface area contributed by atoms with Gasteiger partial charge in [-0.25, -0.2) is 0 Å². The number of rotatable bonds is 6. The Morgan fingerprint density at radius 3 is 2.55 bits per heavy atom. The van der Waals surface area contributed by atoms with Crippen molar-refractivity contribution in [1.29, 1.82) is 0 Å². The van der Waals surface area contributed by atoms with Crippen LogP contribution in [0, 0.1) is 0 Å². The van der Waals surface area contributed by atoms with Crippen LogP contribution in [0.1, 0.15) is 33.1 Å². The van der Waals surface area contributed by atoms with Gasteiger partial charge < -0.3 is 9.84 Å². The quantitative estimate of drug-likeness (QED) is 0.502. The Balaban J connectivity index is 3.10. The van der Waals surface area contributed by atoms with Gasteiger partial charge in [-0.2, -0.15) is 0 Å². The molecule has 0 spiro atoms. The molecule has 0 aliphatic carbocycles. The molecule has 11 heavy (non-hydrogen) atoms. The number of hydrogen-bond acceptors (Lipinski definition) is 2. The maximum atomic E-state index is 8.82. The SMILES string of the molecule is CCCCCOC(C)C(O)Cl. The van der Waals surface area contributed by atoms with Crippen LogP contribution in [-0.2, 0) is 4.74 Å². The highest BCUT2D eigenvalue weighted by atomic mass is 35.5. The minimum absolute atomic E-state index is 0.256. The average molecular weight is 181 g/mol. The summed E-state index contributed by atoms with van der Waals surface area (Å²) in [6.45, 7) is 4.60. The number of aliphatic hydroxyl groups is 1. The molecular weight excluding hydrogens is 164 g/mol. The number of halogens is 1. The molecular formula is C8H17ClO2. The Morgan fingerprint density at radius 2 is 2.09 bits per heavy atom. The normalized spacial score (nSPS) is 16.4. The van der Waals surface area contributed by atoms with Gasteiger partial charge in [0.05, 0.1) is 6.10 Å². The molecule has 0 radical (unpaired) electrons. The number of ether oxygens (including phenoxy) is 1. The summed E-state index contributed by atoms with van der Waals surface area (Å²) in [6.07, 6.45) is 3.14. The van der Waals surface area contributed by atoms with Gasteiger partial charge in [0.1, 0.15) is 0 Å². The van der Waals surface area contributed by atoms with Crippen molar-refractivity contribution in [3.63, 3.8) is 0 Å². The Hall–Kier alpha value is 0.210. The summed E-state index contributed by atoms with van der Waals surface area (Å²) in [5, 5.41) is 8.82. The van der Waals surface area contributed by atoms with Crippen LogP contribution in [0.5, 0.6) is 0 Å². The van der Waals surface area contributed by atoms with E-state index in [1.165, 1.54) is 12.8 Å². The minimum atomic E-state index is -0.878. The molecule has 0 aromatic heterocycles. The Kier molecular flexibility index (Phi) is 7.02. The molecule has 0 aromatic rings. The standard InChI is InChI=1S/C8H17ClO2/c1-3-4-5-6-11-7(2)8(9)10/h7-8,10H,3-6H2,1-2H3. The van der Waals surface area contributed by atoms with Gasteiger partial charge in [0, 0.05) is 6.61 Å². The van der Waals surface area contributed by atoms with E-state index in [1.807, 2.05) is 0 Å². The largest absolute Gasteiger partial charge is 0.375 e. The molecule has 0 aliphatic heterocycles. The van der Waals surface area contributed by atoms with E-state index < -0.39 is 5.56 Å². The number of alkyl halides is 1. The molecule has 2 nitrogen and oxygen atoms in total. The first-order valence-electron chi connectivity index (χ1n) is 4.12.